The summed E-state index contributed by atoms with van der Waals surface area (Å²) in [5, 5.41) is 3.60. The third-order valence-electron chi connectivity index (χ3n) is 4.24. The molecule has 2 atom stereocenters. The monoisotopic (exact) mass is 254 g/mol. The van der Waals surface area contributed by atoms with Gasteiger partial charge in [-0.25, -0.2) is 0 Å². The molecule has 2 aliphatic rings. The van der Waals surface area contributed by atoms with Crippen LogP contribution in [-0.4, -0.2) is 49.3 Å². The molecule has 2 unspecified atom stereocenters. The largest absolute Gasteiger partial charge is 0.377 e. The molecule has 2 fully saturated rings. The van der Waals surface area contributed by atoms with Crippen LogP contribution in [0.5, 0.6) is 0 Å². The zero-order chi connectivity index (χ0) is 12.8. The molecule has 0 amide bonds. The molecule has 0 radical (unpaired) electrons. The van der Waals surface area contributed by atoms with Crippen molar-refractivity contribution >= 4 is 0 Å². The summed E-state index contributed by atoms with van der Waals surface area (Å²) in [6.07, 6.45) is 8.47. The van der Waals surface area contributed by atoms with Crippen molar-refractivity contribution in [2.75, 3.05) is 26.2 Å². The summed E-state index contributed by atoms with van der Waals surface area (Å²) in [5.41, 5.74) is 0. The Kier molecular flexibility index (Phi) is 5.93. The Morgan fingerprint density at radius 2 is 2.17 bits per heavy atom. The highest BCUT2D eigenvalue weighted by Crippen LogP contribution is 2.20. The van der Waals surface area contributed by atoms with E-state index < -0.39 is 0 Å². The minimum atomic E-state index is 0.482. The average Bonchev–Trinajstić information content (AvgIpc) is 3.19. The summed E-state index contributed by atoms with van der Waals surface area (Å²) < 4.78 is 5.77. The van der Waals surface area contributed by atoms with Crippen molar-refractivity contribution < 1.29 is 4.74 Å². The number of hydrogen-bond donors (Lipinski definition) is 1. The van der Waals surface area contributed by atoms with Crippen LogP contribution < -0.4 is 5.32 Å². The van der Waals surface area contributed by atoms with Crippen molar-refractivity contribution in [1.29, 1.82) is 0 Å². The van der Waals surface area contributed by atoms with E-state index >= 15 is 0 Å². The first-order chi connectivity index (χ1) is 8.79. The van der Waals surface area contributed by atoms with Crippen LogP contribution in [0.1, 0.15) is 52.4 Å². The quantitative estimate of drug-likeness (QED) is 0.673. The van der Waals surface area contributed by atoms with Crippen LogP contribution >= 0.6 is 0 Å². The smallest absolute Gasteiger partial charge is 0.0702 e. The number of likely N-dealkylation sites (tertiary alicyclic amines) is 1. The fourth-order valence-electron chi connectivity index (χ4n) is 2.91. The molecule has 0 aromatic carbocycles. The molecule has 0 spiro atoms. The van der Waals surface area contributed by atoms with Gasteiger partial charge in [-0.05, 0) is 65.5 Å². The molecule has 1 saturated carbocycles. The second-order valence-electron chi connectivity index (χ2n) is 5.93. The molecule has 3 nitrogen and oxygen atoms in total. The first-order valence-electron chi connectivity index (χ1n) is 7.88. The number of piperidine rings is 1. The minimum absolute atomic E-state index is 0.482. The van der Waals surface area contributed by atoms with E-state index in [1.807, 2.05) is 0 Å². The Hall–Kier alpha value is -0.120. The first kappa shape index (κ1) is 14.3. The van der Waals surface area contributed by atoms with Crippen LogP contribution in [-0.2, 0) is 4.74 Å². The lowest BCUT2D eigenvalue weighted by atomic mass is 10.0. The predicted octanol–water partition coefficient (Wildman–Crippen LogP) is 2.41. The van der Waals surface area contributed by atoms with Crippen LogP contribution in [0.3, 0.4) is 0 Å². The second-order valence-corrected chi connectivity index (χ2v) is 5.93. The van der Waals surface area contributed by atoms with Gasteiger partial charge in [-0.15, -0.1) is 0 Å². The Morgan fingerprint density at radius 3 is 2.89 bits per heavy atom. The zero-order valence-corrected chi connectivity index (χ0v) is 12.2. The fourth-order valence-corrected chi connectivity index (χ4v) is 2.91. The van der Waals surface area contributed by atoms with E-state index in [0.29, 0.717) is 12.1 Å². The summed E-state index contributed by atoms with van der Waals surface area (Å²) in [5.74, 6) is 0. The van der Waals surface area contributed by atoms with Crippen LogP contribution in [0.2, 0.25) is 0 Å². The topological polar surface area (TPSA) is 24.5 Å². The fraction of sp³-hybridized carbons (Fsp3) is 1.00. The van der Waals surface area contributed by atoms with Crippen LogP contribution in [0, 0.1) is 0 Å². The zero-order valence-electron chi connectivity index (χ0n) is 12.2. The molecule has 1 aliphatic heterocycles. The molecule has 0 bridgehead atoms. The number of nitrogens with one attached hydrogen (secondary N) is 1. The van der Waals surface area contributed by atoms with E-state index in [1.54, 1.807) is 0 Å². The molecular weight excluding hydrogens is 224 g/mol. The maximum absolute atomic E-state index is 5.77. The summed E-state index contributed by atoms with van der Waals surface area (Å²) in [4.78, 5) is 2.63. The summed E-state index contributed by atoms with van der Waals surface area (Å²) in [6.45, 7) is 8.96. The standard InChI is InChI=1S/C15H30N2O/c1-3-18-15-7-5-11-17(12-15)13(2)6-4-10-16-14-8-9-14/h13-16H,3-12H2,1-2H3. The molecule has 1 saturated heterocycles. The van der Waals surface area contributed by atoms with Gasteiger partial charge < -0.3 is 10.1 Å². The van der Waals surface area contributed by atoms with Gasteiger partial charge in [0.05, 0.1) is 6.10 Å². The van der Waals surface area contributed by atoms with E-state index in [4.69, 9.17) is 4.74 Å². The lowest BCUT2D eigenvalue weighted by Crippen LogP contribution is -2.44. The number of ether oxygens (including phenoxy) is 1. The molecule has 0 aromatic heterocycles. The number of hydrogen-bond acceptors (Lipinski definition) is 3. The highest BCUT2D eigenvalue weighted by atomic mass is 16.5. The van der Waals surface area contributed by atoms with Gasteiger partial charge in [0.2, 0.25) is 0 Å². The van der Waals surface area contributed by atoms with Crippen molar-refractivity contribution in [3.8, 4) is 0 Å². The molecule has 1 heterocycles. The van der Waals surface area contributed by atoms with Gasteiger partial charge in [0, 0.05) is 25.2 Å². The van der Waals surface area contributed by atoms with Crippen molar-refractivity contribution in [2.45, 2.75) is 70.6 Å². The normalized spacial score (nSPS) is 27.3. The van der Waals surface area contributed by atoms with E-state index in [0.717, 1.165) is 19.2 Å². The third kappa shape index (κ3) is 4.87. The van der Waals surface area contributed by atoms with Crippen LogP contribution in [0.25, 0.3) is 0 Å². The molecule has 1 aliphatic carbocycles. The van der Waals surface area contributed by atoms with Crippen molar-refractivity contribution in [1.82, 2.24) is 10.2 Å². The molecule has 3 heteroatoms. The van der Waals surface area contributed by atoms with Crippen molar-refractivity contribution in [3.63, 3.8) is 0 Å². The van der Waals surface area contributed by atoms with Gasteiger partial charge in [0.15, 0.2) is 0 Å². The van der Waals surface area contributed by atoms with Gasteiger partial charge in [0.25, 0.3) is 0 Å². The maximum atomic E-state index is 5.77. The molecule has 0 aromatic rings. The number of nitrogens with zero attached hydrogens (tertiary/aromatic N) is 1. The molecular formula is C15H30N2O. The van der Waals surface area contributed by atoms with Crippen molar-refractivity contribution in [3.05, 3.63) is 0 Å². The van der Waals surface area contributed by atoms with Gasteiger partial charge in [0.1, 0.15) is 0 Å². The van der Waals surface area contributed by atoms with E-state index in [2.05, 4.69) is 24.1 Å². The summed E-state index contributed by atoms with van der Waals surface area (Å²) in [6, 6.07) is 1.58. The highest BCUT2D eigenvalue weighted by Gasteiger charge is 2.24. The van der Waals surface area contributed by atoms with Crippen LogP contribution in [0.4, 0.5) is 0 Å². The Balaban J connectivity index is 1.59. The molecule has 2 rings (SSSR count). The van der Waals surface area contributed by atoms with E-state index in [1.165, 1.54) is 51.6 Å². The van der Waals surface area contributed by atoms with Gasteiger partial charge in [-0.2, -0.15) is 0 Å². The minimum Gasteiger partial charge on any atom is -0.377 e. The van der Waals surface area contributed by atoms with E-state index in [-0.39, 0.29) is 0 Å². The second kappa shape index (κ2) is 7.46. The number of rotatable bonds is 8. The van der Waals surface area contributed by atoms with Crippen LogP contribution in [0.15, 0.2) is 0 Å². The third-order valence-corrected chi connectivity index (χ3v) is 4.24. The Morgan fingerprint density at radius 1 is 1.33 bits per heavy atom. The molecule has 1 N–H and O–H groups in total. The van der Waals surface area contributed by atoms with Gasteiger partial charge in [-0.1, -0.05) is 0 Å². The Bertz CT molecular complexity index is 229. The van der Waals surface area contributed by atoms with E-state index in [9.17, 15) is 0 Å². The summed E-state index contributed by atoms with van der Waals surface area (Å²) >= 11 is 0. The highest BCUT2D eigenvalue weighted by molar-refractivity contribution is 4.81. The summed E-state index contributed by atoms with van der Waals surface area (Å²) in [7, 11) is 0. The first-order valence-corrected chi connectivity index (χ1v) is 7.88. The van der Waals surface area contributed by atoms with Crippen molar-refractivity contribution in [2.24, 2.45) is 0 Å². The lowest BCUT2D eigenvalue weighted by Gasteiger charge is -2.36. The van der Waals surface area contributed by atoms with Gasteiger partial charge in [-0.3, -0.25) is 4.90 Å². The SMILES string of the molecule is CCOC1CCCN(C(C)CCCNC2CC2)C1. The predicted molar refractivity (Wildman–Crippen MR) is 75.9 cm³/mol. The average molecular weight is 254 g/mol. The lowest BCUT2D eigenvalue weighted by molar-refractivity contribution is -0.00620. The molecule has 18 heavy (non-hydrogen) atoms. The Labute approximate surface area is 112 Å². The van der Waals surface area contributed by atoms with Gasteiger partial charge >= 0.3 is 0 Å². The molecule has 106 valence electrons. The maximum Gasteiger partial charge on any atom is 0.0702 e.